The van der Waals surface area contributed by atoms with Crippen LogP contribution in [0.4, 0.5) is 17.6 Å². The van der Waals surface area contributed by atoms with Crippen LogP contribution in [-0.4, -0.2) is 33.1 Å². The SMILES string of the molecule is COC(=CC1C(C(=O)OC(C#N)c2ccc(F)c(Oc3ccccc3)c2)C1(C)C)C(CF)(CF)CF. The highest BCUT2D eigenvalue weighted by atomic mass is 19.2. The number of hydrogen-bond donors (Lipinski definition) is 0. The van der Waals surface area contributed by atoms with Crippen LogP contribution in [0.1, 0.15) is 25.5 Å². The lowest BCUT2D eigenvalue weighted by Crippen LogP contribution is -2.32. The topological polar surface area (TPSA) is 68.5 Å². The molecule has 0 bridgehead atoms. The molecular weight excluding hydrogens is 478 g/mol. The molecule has 0 N–H and O–H groups in total. The van der Waals surface area contributed by atoms with E-state index in [4.69, 9.17) is 14.2 Å². The van der Waals surface area contributed by atoms with Gasteiger partial charge < -0.3 is 14.2 Å². The summed E-state index contributed by atoms with van der Waals surface area (Å²) < 4.78 is 70.9. The quantitative estimate of drug-likeness (QED) is 0.200. The molecule has 1 saturated carbocycles. The Labute approximate surface area is 207 Å². The summed E-state index contributed by atoms with van der Waals surface area (Å²) >= 11 is 0. The van der Waals surface area contributed by atoms with E-state index >= 15 is 0 Å². The van der Waals surface area contributed by atoms with Crippen molar-refractivity contribution < 1.29 is 36.6 Å². The van der Waals surface area contributed by atoms with E-state index in [1.54, 1.807) is 44.2 Å². The molecule has 1 aliphatic carbocycles. The van der Waals surface area contributed by atoms with Crippen LogP contribution in [0.15, 0.2) is 60.4 Å². The zero-order chi connectivity index (χ0) is 26.5. The Kier molecular flexibility index (Phi) is 8.28. The van der Waals surface area contributed by atoms with Gasteiger partial charge in [0, 0.05) is 11.5 Å². The van der Waals surface area contributed by atoms with Gasteiger partial charge in [0.1, 0.15) is 43.0 Å². The molecule has 3 rings (SSSR count). The zero-order valence-electron chi connectivity index (χ0n) is 20.1. The highest BCUT2D eigenvalue weighted by Gasteiger charge is 2.62. The summed E-state index contributed by atoms with van der Waals surface area (Å²) in [4.78, 5) is 13.0. The number of allylic oxidation sites excluding steroid dienone is 2. The number of benzene rings is 2. The number of alkyl halides is 3. The van der Waals surface area contributed by atoms with Crippen LogP contribution in [0.2, 0.25) is 0 Å². The van der Waals surface area contributed by atoms with Crippen molar-refractivity contribution in [1.82, 2.24) is 0 Å². The number of hydrogen-bond acceptors (Lipinski definition) is 5. The fourth-order valence-corrected chi connectivity index (χ4v) is 4.10. The minimum Gasteiger partial charge on any atom is -0.501 e. The smallest absolute Gasteiger partial charge is 0.311 e. The second-order valence-corrected chi connectivity index (χ2v) is 9.29. The summed E-state index contributed by atoms with van der Waals surface area (Å²) in [6.07, 6.45) is -0.00351. The van der Waals surface area contributed by atoms with Crippen molar-refractivity contribution in [1.29, 1.82) is 5.26 Å². The van der Waals surface area contributed by atoms with Gasteiger partial charge in [-0.25, -0.2) is 17.6 Å². The third-order valence-electron chi connectivity index (χ3n) is 6.59. The highest BCUT2D eigenvalue weighted by Crippen LogP contribution is 2.60. The number of nitrogens with zero attached hydrogens (tertiary/aromatic N) is 1. The lowest BCUT2D eigenvalue weighted by atomic mass is 9.89. The lowest BCUT2D eigenvalue weighted by Gasteiger charge is -2.26. The predicted octanol–water partition coefficient (Wildman–Crippen LogP) is 6.42. The molecule has 1 aliphatic rings. The maximum atomic E-state index is 14.3. The van der Waals surface area contributed by atoms with Crippen LogP contribution in [0, 0.1) is 39.8 Å². The van der Waals surface area contributed by atoms with Crippen LogP contribution in [0.5, 0.6) is 11.5 Å². The van der Waals surface area contributed by atoms with Crippen molar-refractivity contribution in [2.24, 2.45) is 22.7 Å². The largest absolute Gasteiger partial charge is 0.501 e. The van der Waals surface area contributed by atoms with E-state index in [0.29, 0.717) is 5.75 Å². The molecule has 0 heterocycles. The Morgan fingerprint density at radius 1 is 1.14 bits per heavy atom. The number of esters is 1. The number of para-hydroxylation sites is 1. The first-order valence-electron chi connectivity index (χ1n) is 11.2. The van der Waals surface area contributed by atoms with E-state index in [1.165, 1.54) is 25.3 Å². The molecule has 0 amide bonds. The monoisotopic (exact) mass is 505 g/mol. The van der Waals surface area contributed by atoms with Gasteiger partial charge in [-0.1, -0.05) is 38.1 Å². The molecule has 192 valence electrons. The molecule has 1 fully saturated rings. The van der Waals surface area contributed by atoms with Gasteiger partial charge in [-0.2, -0.15) is 5.26 Å². The predicted molar refractivity (Wildman–Crippen MR) is 124 cm³/mol. The van der Waals surface area contributed by atoms with E-state index in [9.17, 15) is 27.6 Å². The van der Waals surface area contributed by atoms with Crippen molar-refractivity contribution in [3.63, 3.8) is 0 Å². The van der Waals surface area contributed by atoms with Gasteiger partial charge in [-0.05, 0) is 35.8 Å². The Morgan fingerprint density at radius 2 is 1.78 bits per heavy atom. The Morgan fingerprint density at radius 3 is 2.33 bits per heavy atom. The molecular formula is C27H27F4NO4. The number of methoxy groups -OCH3 is 1. The summed E-state index contributed by atoms with van der Waals surface area (Å²) in [6.45, 7) is -0.454. The van der Waals surface area contributed by atoms with Gasteiger partial charge in [-0.3, -0.25) is 4.79 Å². The first-order valence-corrected chi connectivity index (χ1v) is 11.2. The van der Waals surface area contributed by atoms with Crippen molar-refractivity contribution in [2.75, 3.05) is 27.1 Å². The summed E-state index contributed by atoms with van der Waals surface area (Å²) in [5.41, 5.74) is -2.56. The molecule has 0 aromatic heterocycles. The zero-order valence-corrected chi connectivity index (χ0v) is 20.1. The van der Waals surface area contributed by atoms with Gasteiger partial charge in [0.2, 0.25) is 6.10 Å². The highest BCUT2D eigenvalue weighted by molar-refractivity contribution is 5.78. The molecule has 0 aliphatic heterocycles. The van der Waals surface area contributed by atoms with Gasteiger partial charge in [0.15, 0.2) is 11.6 Å². The number of carbonyl (C=O) groups excluding carboxylic acids is 1. The minimum atomic E-state index is -2.07. The fourth-order valence-electron chi connectivity index (χ4n) is 4.10. The summed E-state index contributed by atoms with van der Waals surface area (Å²) in [5.74, 6) is -2.71. The fraction of sp³-hybridized carbons (Fsp3) is 0.407. The van der Waals surface area contributed by atoms with Crippen molar-refractivity contribution >= 4 is 5.97 Å². The van der Waals surface area contributed by atoms with Crippen molar-refractivity contribution in [3.05, 3.63) is 71.7 Å². The van der Waals surface area contributed by atoms with Crippen LogP contribution in [-0.2, 0) is 14.3 Å². The second-order valence-electron chi connectivity index (χ2n) is 9.29. The number of halogens is 4. The summed E-state index contributed by atoms with van der Waals surface area (Å²) in [7, 11) is 1.18. The van der Waals surface area contributed by atoms with E-state index in [1.807, 2.05) is 6.07 Å². The molecule has 0 saturated heterocycles. The maximum absolute atomic E-state index is 14.3. The average Bonchev–Trinajstić information content (AvgIpc) is 3.44. The van der Waals surface area contributed by atoms with Crippen molar-refractivity contribution in [3.8, 4) is 17.6 Å². The standard InChI is InChI=1S/C27H27F4NO4/c1-26(2)19(12-23(34-3)27(14-28,15-29)16-30)24(26)25(33)36-22(13-32)17-9-10-20(31)21(11-17)35-18-7-5-4-6-8-18/h4-12,19,22,24H,14-16H2,1-3H3. The first-order chi connectivity index (χ1) is 17.2. The Bertz CT molecular complexity index is 1130. The molecule has 2 aromatic rings. The minimum absolute atomic E-state index is 0.146. The normalized spacial score (nSPS) is 19.7. The van der Waals surface area contributed by atoms with Gasteiger partial charge in [0.25, 0.3) is 0 Å². The van der Waals surface area contributed by atoms with E-state index < -0.39 is 60.6 Å². The Hall–Kier alpha value is -3.54. The van der Waals surface area contributed by atoms with Crippen LogP contribution in [0.25, 0.3) is 0 Å². The molecule has 36 heavy (non-hydrogen) atoms. The third kappa shape index (κ3) is 5.32. The molecule has 0 radical (unpaired) electrons. The molecule has 0 spiro atoms. The van der Waals surface area contributed by atoms with E-state index in [0.717, 1.165) is 6.07 Å². The number of nitriles is 1. The Balaban J connectivity index is 1.79. The maximum Gasteiger partial charge on any atom is 0.311 e. The van der Waals surface area contributed by atoms with Crippen LogP contribution >= 0.6 is 0 Å². The average molecular weight is 506 g/mol. The van der Waals surface area contributed by atoms with Gasteiger partial charge in [-0.15, -0.1) is 0 Å². The van der Waals surface area contributed by atoms with Gasteiger partial charge in [0.05, 0.1) is 13.0 Å². The van der Waals surface area contributed by atoms with Crippen LogP contribution in [0.3, 0.4) is 0 Å². The number of ether oxygens (including phenoxy) is 3. The molecule has 3 unspecified atom stereocenters. The first kappa shape index (κ1) is 27.1. The van der Waals surface area contributed by atoms with Crippen LogP contribution < -0.4 is 4.74 Å². The molecule has 5 nitrogen and oxygen atoms in total. The lowest BCUT2D eigenvalue weighted by molar-refractivity contribution is -0.149. The summed E-state index contributed by atoms with van der Waals surface area (Å²) in [5, 5.41) is 9.64. The van der Waals surface area contributed by atoms with Crippen molar-refractivity contribution in [2.45, 2.75) is 20.0 Å². The number of rotatable bonds is 11. The number of carbonyl (C=O) groups is 1. The molecule has 9 heteroatoms. The molecule has 3 atom stereocenters. The molecule has 2 aromatic carbocycles. The summed E-state index contributed by atoms with van der Waals surface area (Å²) in [6, 6.07) is 14.0. The third-order valence-corrected chi connectivity index (χ3v) is 6.59. The second kappa shape index (κ2) is 11.0. The van der Waals surface area contributed by atoms with E-state index in [2.05, 4.69) is 0 Å². The van der Waals surface area contributed by atoms with E-state index in [-0.39, 0.29) is 17.1 Å². The van der Waals surface area contributed by atoms with Gasteiger partial charge >= 0.3 is 5.97 Å².